The molecule has 3 saturated heterocycles. The molecule has 29 nitrogen and oxygen atoms in total. The molecule has 2 bridgehead atoms. The molecule has 1 aromatic carbocycles. The molecule has 0 unspecified atom stereocenters. The van der Waals surface area contributed by atoms with Crippen LogP contribution >= 0.6 is 43.2 Å². The minimum atomic E-state index is -1.75. The molecular weight excluding hydrogens is 1250 g/mol. The van der Waals surface area contributed by atoms with Crippen LogP contribution in [0.4, 0.5) is 0 Å². The van der Waals surface area contributed by atoms with Gasteiger partial charge < -0.3 is 84.4 Å². The summed E-state index contributed by atoms with van der Waals surface area (Å²) in [6.45, 7) is 8.80. The van der Waals surface area contributed by atoms with E-state index >= 15 is 0 Å². The highest BCUT2D eigenvalue weighted by Gasteiger charge is 2.41. The number of phenolic OH excluding ortho intramolecular Hbond substituents is 1. The zero-order valence-corrected chi connectivity index (χ0v) is 54.8. The van der Waals surface area contributed by atoms with Gasteiger partial charge in [0.2, 0.25) is 70.9 Å². The molecule has 1 aromatic rings. The number of carbonyl (C=O) groups excluding carboxylic acids is 12. The molecule has 0 aromatic heterocycles. The van der Waals surface area contributed by atoms with Gasteiger partial charge in [0.1, 0.15) is 78.3 Å². The SMILES string of the molecule is CCCC[C@@H]1NC(=O)[C@H](CC)NC(=O)[C@H]([C@H](C)CC)NC(=O)[C@@H]2CSSC[C@H](NC(=O)CN)C(=O)N[C@@H](CSSC[C@@H](C(=O)O)NC(=O)[C@H](Cc3ccc(O)cc3)NC1=O)C(=O)N[C@@H](CO)C(=O)N[C@@H](CCCC)C(=O)N1CCC[C@H]1C(=O)N[C@@H](CC)C(=O)N2. The number of carboxylic acids is 1. The fourth-order valence-corrected chi connectivity index (χ4v) is 14.3. The van der Waals surface area contributed by atoms with Crippen molar-refractivity contribution in [2.75, 3.05) is 42.7 Å². The highest BCUT2D eigenvalue weighted by molar-refractivity contribution is 8.77. The molecule has 3 heterocycles. The van der Waals surface area contributed by atoms with Gasteiger partial charge in [-0.15, -0.1) is 0 Å². The number of carboxylic acid groups (broad SMARTS) is 1. The van der Waals surface area contributed by atoms with E-state index in [1.165, 1.54) is 29.2 Å². The lowest BCUT2D eigenvalue weighted by Gasteiger charge is -2.31. The molecule has 90 heavy (non-hydrogen) atoms. The first kappa shape index (κ1) is 75.9. The van der Waals surface area contributed by atoms with E-state index in [0.717, 1.165) is 43.2 Å². The molecule has 0 radical (unpaired) electrons. The summed E-state index contributed by atoms with van der Waals surface area (Å²) >= 11 is 0. The normalized spacial score (nSPS) is 28.0. The van der Waals surface area contributed by atoms with E-state index in [1.807, 2.05) is 13.8 Å². The Morgan fingerprint density at radius 2 is 1.08 bits per heavy atom. The molecule has 0 aliphatic carbocycles. The average Bonchev–Trinajstić information content (AvgIpc) is 1.73. The van der Waals surface area contributed by atoms with Crippen molar-refractivity contribution in [1.82, 2.24) is 63.4 Å². The lowest BCUT2D eigenvalue weighted by atomic mass is 9.97. The Labute approximate surface area is 539 Å². The van der Waals surface area contributed by atoms with Gasteiger partial charge in [0, 0.05) is 36.0 Å². The van der Waals surface area contributed by atoms with Crippen LogP contribution in [0.25, 0.3) is 0 Å². The number of carbonyl (C=O) groups is 13. The maximum Gasteiger partial charge on any atom is 0.327 e. The first-order chi connectivity index (χ1) is 42.9. The lowest BCUT2D eigenvalue weighted by Crippen LogP contribution is -2.61. The third-order valence-corrected chi connectivity index (χ3v) is 20.1. The zero-order valence-electron chi connectivity index (χ0n) is 51.6. The van der Waals surface area contributed by atoms with Gasteiger partial charge in [-0.3, -0.25) is 57.5 Å². The largest absolute Gasteiger partial charge is 0.508 e. The highest BCUT2D eigenvalue weighted by Crippen LogP contribution is 2.27. The van der Waals surface area contributed by atoms with Crippen LogP contribution in [0.3, 0.4) is 0 Å². The Morgan fingerprint density at radius 1 is 0.589 bits per heavy atom. The summed E-state index contributed by atoms with van der Waals surface area (Å²) in [6, 6.07) is -11.5. The number of aliphatic hydroxyl groups excluding tert-OH is 1. The second-order valence-electron chi connectivity index (χ2n) is 22.1. The number of rotatable bonds is 16. The number of benzene rings is 1. The van der Waals surface area contributed by atoms with Crippen LogP contribution in [-0.4, -0.2) is 212 Å². The number of fused-ring (bicyclic) bond motifs is 9. The number of hydrogen-bond donors (Lipinski definition) is 15. The van der Waals surface area contributed by atoms with Crippen LogP contribution in [0.1, 0.15) is 118 Å². The van der Waals surface area contributed by atoms with Gasteiger partial charge in [-0.1, -0.05) is 129 Å². The molecular formula is C57H89N13O16S4. The third-order valence-electron chi connectivity index (χ3n) is 15.3. The van der Waals surface area contributed by atoms with Crippen molar-refractivity contribution in [3.05, 3.63) is 29.8 Å². The highest BCUT2D eigenvalue weighted by atomic mass is 33.1. The van der Waals surface area contributed by atoms with E-state index in [2.05, 4.69) is 58.5 Å². The van der Waals surface area contributed by atoms with Crippen molar-refractivity contribution in [3.63, 3.8) is 0 Å². The van der Waals surface area contributed by atoms with Crippen molar-refractivity contribution >= 4 is 120 Å². The molecule has 502 valence electrons. The molecule has 13 atom stereocenters. The van der Waals surface area contributed by atoms with Crippen molar-refractivity contribution in [1.29, 1.82) is 0 Å². The van der Waals surface area contributed by atoms with Crippen LogP contribution < -0.4 is 64.2 Å². The van der Waals surface area contributed by atoms with Crippen LogP contribution in [0.5, 0.6) is 5.75 Å². The fourth-order valence-electron chi connectivity index (χ4n) is 9.66. The van der Waals surface area contributed by atoms with Gasteiger partial charge in [-0.2, -0.15) is 0 Å². The molecule has 3 aliphatic rings. The van der Waals surface area contributed by atoms with Gasteiger partial charge in [-0.25, -0.2) is 4.79 Å². The summed E-state index contributed by atoms with van der Waals surface area (Å²) in [5, 5.41) is 59.8. The monoisotopic (exact) mass is 1340 g/mol. The molecule has 0 saturated carbocycles. The van der Waals surface area contributed by atoms with Gasteiger partial charge in [0.15, 0.2) is 0 Å². The quantitative estimate of drug-likeness (QED) is 0.0823. The Balaban J connectivity index is 1.92. The van der Waals surface area contributed by atoms with Crippen LogP contribution in [0.15, 0.2) is 24.3 Å². The van der Waals surface area contributed by atoms with E-state index in [9.17, 15) is 77.6 Å². The van der Waals surface area contributed by atoms with Crippen LogP contribution in [0, 0.1) is 5.92 Å². The maximum atomic E-state index is 14.7. The minimum Gasteiger partial charge on any atom is -0.508 e. The number of aliphatic carboxylic acids is 1. The fraction of sp³-hybridized carbons (Fsp3) is 0.667. The van der Waals surface area contributed by atoms with Crippen LogP contribution in [0.2, 0.25) is 0 Å². The predicted molar refractivity (Wildman–Crippen MR) is 340 cm³/mol. The Hall–Kier alpha value is -6.55. The molecule has 4 rings (SSSR count). The van der Waals surface area contributed by atoms with Crippen LogP contribution in [-0.2, 0) is 68.7 Å². The summed E-state index contributed by atoms with van der Waals surface area (Å²) in [7, 11) is 3.57. The number of aromatic hydroxyl groups is 1. The molecule has 3 aliphatic heterocycles. The van der Waals surface area contributed by atoms with E-state index in [-0.39, 0.29) is 62.3 Å². The molecule has 33 heteroatoms. The van der Waals surface area contributed by atoms with Crippen molar-refractivity contribution < 1.29 is 77.6 Å². The summed E-state index contributed by atoms with van der Waals surface area (Å²) in [4.78, 5) is 185. The van der Waals surface area contributed by atoms with E-state index < -0.39 is 180 Å². The lowest BCUT2D eigenvalue weighted by molar-refractivity contribution is -0.143. The summed E-state index contributed by atoms with van der Waals surface area (Å²) in [5.41, 5.74) is 6.08. The first-order valence-corrected chi connectivity index (χ1v) is 35.4. The molecule has 3 fully saturated rings. The Bertz CT molecular complexity index is 2670. The number of nitrogens with one attached hydrogen (secondary N) is 11. The average molecular weight is 1340 g/mol. The van der Waals surface area contributed by atoms with Gasteiger partial charge in [0.25, 0.3) is 0 Å². The molecule has 0 spiro atoms. The number of amides is 12. The predicted octanol–water partition coefficient (Wildman–Crippen LogP) is -1.67. The number of hydrogen-bond acceptors (Lipinski definition) is 20. The van der Waals surface area contributed by atoms with Crippen molar-refractivity contribution in [3.8, 4) is 5.75 Å². The second kappa shape index (κ2) is 39.0. The number of unbranched alkanes of at least 4 members (excludes halogenated alkanes) is 2. The molecule has 12 amide bonds. The topological polar surface area (TPSA) is 444 Å². The van der Waals surface area contributed by atoms with E-state index in [0.29, 0.717) is 44.1 Å². The van der Waals surface area contributed by atoms with Gasteiger partial charge >= 0.3 is 5.97 Å². The minimum absolute atomic E-state index is 0.00829. The zero-order chi connectivity index (χ0) is 66.6. The van der Waals surface area contributed by atoms with Crippen molar-refractivity contribution in [2.45, 2.75) is 191 Å². The number of nitrogens with zero attached hydrogens (tertiary/aromatic N) is 1. The Morgan fingerprint density at radius 3 is 1.66 bits per heavy atom. The van der Waals surface area contributed by atoms with Gasteiger partial charge in [-0.05, 0) is 62.1 Å². The van der Waals surface area contributed by atoms with Crippen molar-refractivity contribution in [2.24, 2.45) is 11.7 Å². The smallest absolute Gasteiger partial charge is 0.327 e. The van der Waals surface area contributed by atoms with E-state index in [1.54, 1.807) is 27.7 Å². The first-order valence-electron chi connectivity index (χ1n) is 30.4. The second-order valence-corrected chi connectivity index (χ2v) is 27.2. The van der Waals surface area contributed by atoms with E-state index in [4.69, 9.17) is 5.73 Å². The number of phenols is 1. The maximum absolute atomic E-state index is 14.7. The number of aliphatic hydroxyl groups is 1. The Kier molecular flexibility index (Phi) is 32.9. The van der Waals surface area contributed by atoms with Gasteiger partial charge in [0.05, 0.1) is 13.2 Å². The standard InChI is InChI=1S/C57H89N13O16S4/c1-7-12-15-35-48(76)64-37(23-31-18-20-32(72)21-19-31)49(77)68-42(57(85)86)29-90-89-27-40-52(80)65-38(25-71)50(78)63-36(16-13-8-2)56(84)70-22-14-17-43(70)54(82)60-33(10-4)47(75)66-41(28-88-87-26-39(51(79)67-40)59-44(73)24-58)53(81)69-45(30(6)9-3)55(83)61-34(11-5)46(74)62-35/h18-21,30,33-43,45,71-72H,7-17,22-29,58H2,1-6H3,(H,59,73)(H,60,82)(H,61,83)(H,62,74)(H,63,78)(H,64,76)(H,65,80)(H,66,75)(H,67,79)(H,68,77)(H,69,81)(H,85,86)/t30-,33+,34+,35+,36+,37+,38+,39+,40+,41+,42+,43+,45+/m1/s1. The summed E-state index contributed by atoms with van der Waals surface area (Å²) in [6.07, 6.45) is 2.68. The summed E-state index contributed by atoms with van der Waals surface area (Å²) in [5.74, 6) is -13.9. The number of nitrogens with two attached hydrogens (primary N) is 1. The summed E-state index contributed by atoms with van der Waals surface area (Å²) < 4.78 is 0. The molecule has 16 N–H and O–H groups in total. The third kappa shape index (κ3) is 23.6.